The summed E-state index contributed by atoms with van der Waals surface area (Å²) in [5.74, 6) is -0.440. The quantitative estimate of drug-likeness (QED) is 0.488. The minimum Gasteiger partial charge on any atom is -0.462 e. The van der Waals surface area contributed by atoms with Crippen molar-refractivity contribution >= 4 is 28.5 Å². The normalized spacial score (nSPS) is 15.9. The Morgan fingerprint density at radius 3 is 2.69 bits per heavy atom. The topological polar surface area (TPSA) is 115 Å². The highest BCUT2D eigenvalue weighted by atomic mass is 19.4. The molecule has 1 saturated heterocycles. The molecule has 8 nitrogen and oxygen atoms in total. The van der Waals surface area contributed by atoms with Crippen LogP contribution in [0.25, 0.3) is 22.0 Å². The lowest BCUT2D eigenvalue weighted by atomic mass is 10.0. The smallest absolute Gasteiger partial charge is 0.417 e. The number of pyridine rings is 1. The molecule has 1 aromatic heterocycles. The number of amides is 1. The zero-order valence-electron chi connectivity index (χ0n) is 18.4. The van der Waals surface area contributed by atoms with Crippen molar-refractivity contribution in [2.24, 2.45) is 5.73 Å². The highest BCUT2D eigenvalue weighted by Crippen LogP contribution is 2.36. The lowest BCUT2D eigenvalue weighted by molar-refractivity contribution is -0.146. The van der Waals surface area contributed by atoms with Crippen molar-refractivity contribution < 1.29 is 32.2 Å². The Morgan fingerprint density at radius 2 is 1.94 bits per heavy atom. The second-order valence-corrected chi connectivity index (χ2v) is 8.02. The number of nitrogens with two attached hydrogens (primary N) is 1. The predicted molar refractivity (Wildman–Crippen MR) is 122 cm³/mol. The van der Waals surface area contributed by atoms with E-state index in [0.717, 1.165) is 6.07 Å². The van der Waals surface area contributed by atoms with Gasteiger partial charge in [-0.05, 0) is 42.6 Å². The number of H-pyrrole nitrogens is 1. The molecule has 0 unspecified atom stereocenters. The molecule has 3 N–H and O–H groups in total. The highest BCUT2D eigenvalue weighted by Gasteiger charge is 2.34. The molecule has 1 aliphatic heterocycles. The van der Waals surface area contributed by atoms with Crippen LogP contribution in [0.3, 0.4) is 0 Å². The van der Waals surface area contributed by atoms with Gasteiger partial charge in [0.2, 0.25) is 0 Å². The summed E-state index contributed by atoms with van der Waals surface area (Å²) < 4.78 is 50.6. The number of cyclic esters (lactones) is 1. The monoisotopic (exact) mass is 489 g/mol. The fourth-order valence-corrected chi connectivity index (χ4v) is 3.85. The maximum Gasteiger partial charge on any atom is 0.417 e. The molecule has 0 bridgehead atoms. The molecule has 2 heterocycles. The number of esters is 1. The number of carbonyl (C=O) groups is 2. The molecule has 0 spiro atoms. The molecule has 1 amide bonds. The van der Waals surface area contributed by atoms with Crippen molar-refractivity contribution in [3.05, 3.63) is 64.4 Å². The third-order valence-electron chi connectivity index (χ3n) is 5.55. The Labute approximate surface area is 197 Å². The Morgan fingerprint density at radius 1 is 1.17 bits per heavy atom. The van der Waals surface area contributed by atoms with E-state index in [9.17, 15) is 27.6 Å². The van der Waals surface area contributed by atoms with Crippen molar-refractivity contribution in [3.8, 4) is 11.3 Å². The highest BCUT2D eigenvalue weighted by molar-refractivity contribution is 5.94. The van der Waals surface area contributed by atoms with Gasteiger partial charge in [-0.1, -0.05) is 24.3 Å². The minimum absolute atomic E-state index is 0.0280. The molecule has 4 rings (SSSR count). The van der Waals surface area contributed by atoms with Crippen LogP contribution in [0.15, 0.2) is 53.3 Å². The number of aromatic nitrogens is 1. The number of anilines is 1. The van der Waals surface area contributed by atoms with Gasteiger partial charge < -0.3 is 20.2 Å². The van der Waals surface area contributed by atoms with Gasteiger partial charge >= 0.3 is 18.2 Å². The number of nitrogens with one attached hydrogen (secondary N) is 1. The molecule has 3 aromatic rings. The number of aromatic amines is 1. The summed E-state index contributed by atoms with van der Waals surface area (Å²) in [4.78, 5) is 40.6. The van der Waals surface area contributed by atoms with Crippen molar-refractivity contribution in [2.45, 2.75) is 25.1 Å². The van der Waals surface area contributed by atoms with Crippen molar-refractivity contribution in [1.29, 1.82) is 0 Å². The van der Waals surface area contributed by atoms with Crippen LogP contribution in [0.2, 0.25) is 0 Å². The van der Waals surface area contributed by atoms with E-state index in [4.69, 9.17) is 15.2 Å². The van der Waals surface area contributed by atoms with Crippen LogP contribution in [-0.4, -0.2) is 42.8 Å². The Bertz CT molecular complexity index is 1320. The zero-order chi connectivity index (χ0) is 25.2. The Balaban J connectivity index is 1.57. The SMILES string of the molecule is NCCCC(=O)OC[C@H]1CN(c2ccc3cc(-c4ccccc4C(F)(F)F)[nH]c(=O)c3c2)C(=O)O1. The number of carbonyl (C=O) groups excluding carboxylic acids is 2. The number of benzene rings is 2. The molecule has 1 fully saturated rings. The second kappa shape index (κ2) is 9.79. The van der Waals surface area contributed by atoms with E-state index >= 15 is 0 Å². The van der Waals surface area contributed by atoms with Gasteiger partial charge in [-0.15, -0.1) is 0 Å². The molecule has 35 heavy (non-hydrogen) atoms. The molecular formula is C24H22F3N3O5. The maximum atomic E-state index is 13.4. The fourth-order valence-electron chi connectivity index (χ4n) is 3.85. The van der Waals surface area contributed by atoms with Crippen LogP contribution in [0, 0.1) is 0 Å². The van der Waals surface area contributed by atoms with Gasteiger partial charge in [-0.3, -0.25) is 14.5 Å². The van der Waals surface area contributed by atoms with Gasteiger partial charge in [0.25, 0.3) is 5.56 Å². The first-order chi connectivity index (χ1) is 16.7. The van der Waals surface area contributed by atoms with E-state index in [-0.39, 0.29) is 36.2 Å². The summed E-state index contributed by atoms with van der Waals surface area (Å²) in [6.45, 7) is 0.351. The number of alkyl halides is 3. The van der Waals surface area contributed by atoms with E-state index < -0.39 is 35.5 Å². The molecule has 0 radical (unpaired) electrons. The summed E-state index contributed by atoms with van der Waals surface area (Å²) >= 11 is 0. The average Bonchev–Trinajstić information content (AvgIpc) is 3.21. The molecule has 2 aromatic carbocycles. The van der Waals surface area contributed by atoms with Gasteiger partial charge in [-0.2, -0.15) is 13.2 Å². The number of halogens is 3. The third-order valence-corrected chi connectivity index (χ3v) is 5.55. The summed E-state index contributed by atoms with van der Waals surface area (Å²) in [6, 6.07) is 11.0. The fraction of sp³-hybridized carbons (Fsp3) is 0.292. The van der Waals surface area contributed by atoms with E-state index in [1.165, 1.54) is 35.2 Å². The first kappa shape index (κ1) is 24.3. The lowest BCUT2D eigenvalue weighted by Crippen LogP contribution is -2.26. The minimum atomic E-state index is -4.59. The van der Waals surface area contributed by atoms with E-state index in [2.05, 4.69) is 4.98 Å². The molecule has 1 atom stereocenters. The van der Waals surface area contributed by atoms with Gasteiger partial charge in [0.15, 0.2) is 6.10 Å². The summed E-state index contributed by atoms with van der Waals surface area (Å²) in [7, 11) is 0. The van der Waals surface area contributed by atoms with Gasteiger partial charge in [-0.25, -0.2) is 4.79 Å². The number of ether oxygens (including phenoxy) is 2. The van der Waals surface area contributed by atoms with Crippen LogP contribution >= 0.6 is 0 Å². The standard InChI is InChI=1S/C24H22F3N3O5/c25-24(26,27)19-5-2-1-4-17(19)20-10-14-7-8-15(11-18(14)22(32)29-20)30-12-16(35-23(30)33)13-34-21(31)6-3-9-28/h1-2,4-5,7-8,10-11,16H,3,6,9,12-13,28H2,(H,29,32)/t16-/m1/s1. The van der Waals surface area contributed by atoms with Crippen LogP contribution in [0.1, 0.15) is 18.4 Å². The molecule has 11 heteroatoms. The number of rotatable bonds is 7. The second-order valence-electron chi connectivity index (χ2n) is 8.02. The number of nitrogens with zero attached hydrogens (tertiary/aromatic N) is 1. The predicted octanol–water partition coefficient (Wildman–Crippen LogP) is 3.82. The average molecular weight is 489 g/mol. The molecule has 0 aliphatic carbocycles. The molecule has 0 saturated carbocycles. The number of hydrogen-bond acceptors (Lipinski definition) is 6. The largest absolute Gasteiger partial charge is 0.462 e. The molecular weight excluding hydrogens is 467 g/mol. The van der Waals surface area contributed by atoms with Gasteiger partial charge in [0.1, 0.15) is 6.61 Å². The van der Waals surface area contributed by atoms with Crippen LogP contribution in [-0.2, 0) is 20.4 Å². The molecule has 1 aliphatic rings. The summed E-state index contributed by atoms with van der Waals surface area (Å²) in [5.41, 5.74) is 4.15. The van der Waals surface area contributed by atoms with Crippen molar-refractivity contribution in [1.82, 2.24) is 4.98 Å². The first-order valence-electron chi connectivity index (χ1n) is 10.8. The van der Waals surface area contributed by atoms with Crippen LogP contribution in [0.5, 0.6) is 0 Å². The zero-order valence-corrected chi connectivity index (χ0v) is 18.4. The van der Waals surface area contributed by atoms with E-state index in [1.54, 1.807) is 12.1 Å². The lowest BCUT2D eigenvalue weighted by Gasteiger charge is -2.15. The van der Waals surface area contributed by atoms with E-state index in [1.807, 2.05) is 0 Å². The van der Waals surface area contributed by atoms with E-state index in [0.29, 0.717) is 24.0 Å². The third kappa shape index (κ3) is 5.29. The Kier molecular flexibility index (Phi) is 6.79. The van der Waals surface area contributed by atoms with Crippen molar-refractivity contribution in [3.63, 3.8) is 0 Å². The summed E-state index contributed by atoms with van der Waals surface area (Å²) in [6.07, 6.45) is -5.27. The van der Waals surface area contributed by atoms with Gasteiger partial charge in [0.05, 0.1) is 12.1 Å². The van der Waals surface area contributed by atoms with Crippen LogP contribution < -0.4 is 16.2 Å². The number of hydrogen-bond donors (Lipinski definition) is 2. The van der Waals surface area contributed by atoms with Crippen molar-refractivity contribution in [2.75, 3.05) is 24.6 Å². The summed E-state index contributed by atoms with van der Waals surface area (Å²) in [5, 5.41) is 0.600. The number of fused-ring (bicyclic) bond motifs is 1. The van der Waals surface area contributed by atoms with Crippen LogP contribution in [0.4, 0.5) is 23.7 Å². The first-order valence-corrected chi connectivity index (χ1v) is 10.8. The van der Waals surface area contributed by atoms with Gasteiger partial charge in [0, 0.05) is 28.8 Å². The molecule has 184 valence electrons. The maximum absolute atomic E-state index is 13.4. The Hall–Kier alpha value is -3.86.